The van der Waals surface area contributed by atoms with E-state index in [9.17, 15) is 17.6 Å². The van der Waals surface area contributed by atoms with Gasteiger partial charge in [-0.1, -0.05) is 0 Å². The van der Waals surface area contributed by atoms with Crippen LogP contribution in [0.15, 0.2) is 18.2 Å². The summed E-state index contributed by atoms with van der Waals surface area (Å²) in [7, 11) is 0. The van der Waals surface area contributed by atoms with Gasteiger partial charge < -0.3 is 10.1 Å². The Morgan fingerprint density at radius 3 is 2.38 bits per heavy atom. The second-order valence-electron chi connectivity index (χ2n) is 3.57. The van der Waals surface area contributed by atoms with E-state index in [0.717, 1.165) is 12.1 Å². The van der Waals surface area contributed by atoms with E-state index in [2.05, 4.69) is 5.32 Å². The van der Waals surface area contributed by atoms with Gasteiger partial charge in [-0.25, -0.2) is 4.39 Å². The van der Waals surface area contributed by atoms with Crippen LogP contribution < -0.4 is 10.1 Å². The molecule has 0 bridgehead atoms. The zero-order valence-corrected chi connectivity index (χ0v) is 8.14. The third kappa shape index (κ3) is 2.44. The van der Waals surface area contributed by atoms with Crippen molar-refractivity contribution in [3.05, 3.63) is 29.6 Å². The first kappa shape index (κ1) is 11.2. The summed E-state index contributed by atoms with van der Waals surface area (Å²) in [4.78, 5) is 0. The largest absolute Gasteiger partial charge is 0.488 e. The van der Waals surface area contributed by atoms with Crippen molar-refractivity contribution in [2.75, 3.05) is 13.1 Å². The Morgan fingerprint density at radius 1 is 1.19 bits per heavy atom. The highest BCUT2D eigenvalue weighted by molar-refractivity contribution is 5.31. The lowest BCUT2D eigenvalue weighted by molar-refractivity contribution is -0.137. The molecule has 0 saturated carbocycles. The number of halogens is 4. The highest BCUT2D eigenvalue weighted by atomic mass is 19.4. The second kappa shape index (κ2) is 3.93. The van der Waals surface area contributed by atoms with E-state index in [1.54, 1.807) is 0 Å². The normalized spacial score (nSPS) is 17.0. The third-order valence-corrected chi connectivity index (χ3v) is 2.25. The van der Waals surface area contributed by atoms with E-state index in [1.165, 1.54) is 0 Å². The average molecular weight is 235 g/mol. The molecule has 2 nitrogen and oxygen atoms in total. The van der Waals surface area contributed by atoms with Crippen LogP contribution >= 0.6 is 0 Å². The van der Waals surface area contributed by atoms with E-state index in [0.29, 0.717) is 19.2 Å². The maximum atomic E-state index is 12.9. The lowest BCUT2D eigenvalue weighted by Gasteiger charge is -2.28. The molecule has 1 aromatic rings. The number of nitrogens with one attached hydrogen (secondary N) is 1. The Labute approximate surface area is 89.2 Å². The van der Waals surface area contributed by atoms with Crippen LogP contribution in [0, 0.1) is 5.82 Å². The average Bonchev–Trinajstić information content (AvgIpc) is 2.09. The molecular weight excluding hydrogens is 226 g/mol. The van der Waals surface area contributed by atoms with Crippen LogP contribution in [0.25, 0.3) is 0 Å². The second-order valence-corrected chi connectivity index (χ2v) is 3.57. The number of rotatable bonds is 2. The Bertz CT molecular complexity index is 387. The number of ether oxygens (including phenoxy) is 1. The van der Waals surface area contributed by atoms with Gasteiger partial charge in [-0.15, -0.1) is 0 Å². The lowest BCUT2D eigenvalue weighted by Crippen LogP contribution is -2.50. The van der Waals surface area contributed by atoms with Crippen molar-refractivity contribution in [2.45, 2.75) is 12.3 Å². The molecule has 1 aliphatic heterocycles. The minimum Gasteiger partial charge on any atom is -0.488 e. The highest BCUT2D eigenvalue weighted by Gasteiger charge is 2.32. The van der Waals surface area contributed by atoms with Crippen LogP contribution in [0.2, 0.25) is 0 Å². The van der Waals surface area contributed by atoms with E-state index < -0.39 is 17.6 Å². The van der Waals surface area contributed by atoms with Gasteiger partial charge in [0.25, 0.3) is 0 Å². The number of hydrogen-bond donors (Lipinski definition) is 1. The van der Waals surface area contributed by atoms with Crippen LogP contribution in [-0.4, -0.2) is 19.2 Å². The summed E-state index contributed by atoms with van der Waals surface area (Å²) < 4.78 is 55.1. The van der Waals surface area contributed by atoms with Crippen LogP contribution in [0.1, 0.15) is 5.56 Å². The first-order valence-electron chi connectivity index (χ1n) is 4.70. The molecule has 6 heteroatoms. The molecule has 1 heterocycles. The number of alkyl halides is 3. The Balaban J connectivity index is 2.21. The molecule has 0 aromatic heterocycles. The van der Waals surface area contributed by atoms with E-state index in [1.807, 2.05) is 0 Å². The van der Waals surface area contributed by atoms with Gasteiger partial charge in [0.1, 0.15) is 17.7 Å². The van der Waals surface area contributed by atoms with Crippen molar-refractivity contribution in [1.29, 1.82) is 0 Å². The smallest absolute Gasteiger partial charge is 0.416 e. The molecule has 1 aliphatic rings. The van der Waals surface area contributed by atoms with Crippen LogP contribution in [0.5, 0.6) is 5.75 Å². The van der Waals surface area contributed by atoms with Crippen molar-refractivity contribution >= 4 is 0 Å². The molecule has 0 aliphatic carbocycles. The molecule has 0 spiro atoms. The first-order chi connectivity index (χ1) is 7.45. The topological polar surface area (TPSA) is 21.3 Å². The van der Waals surface area contributed by atoms with Crippen LogP contribution in [0.4, 0.5) is 17.6 Å². The zero-order valence-electron chi connectivity index (χ0n) is 8.14. The molecule has 2 rings (SSSR count). The predicted molar refractivity (Wildman–Crippen MR) is 48.7 cm³/mol. The minimum absolute atomic E-state index is 0.0844. The van der Waals surface area contributed by atoms with Gasteiger partial charge in [-0.2, -0.15) is 13.2 Å². The molecule has 16 heavy (non-hydrogen) atoms. The maximum Gasteiger partial charge on any atom is 0.416 e. The SMILES string of the molecule is Fc1cc(OC2CNC2)cc(C(F)(F)F)c1. The molecule has 0 radical (unpaired) electrons. The standard InChI is InChI=1S/C10H9F4NO/c11-7-1-6(10(12,13)14)2-8(3-7)16-9-4-15-5-9/h1-3,9,15H,4-5H2. The lowest BCUT2D eigenvalue weighted by atomic mass is 10.2. The molecule has 0 amide bonds. The predicted octanol–water partition coefficient (Wildman–Crippen LogP) is 2.20. The van der Waals surface area contributed by atoms with Crippen molar-refractivity contribution in [2.24, 2.45) is 0 Å². The summed E-state index contributed by atoms with van der Waals surface area (Å²) >= 11 is 0. The summed E-state index contributed by atoms with van der Waals surface area (Å²) in [6.45, 7) is 1.13. The number of benzene rings is 1. The first-order valence-corrected chi connectivity index (χ1v) is 4.70. The fraction of sp³-hybridized carbons (Fsp3) is 0.400. The Morgan fingerprint density at radius 2 is 1.88 bits per heavy atom. The molecule has 1 aromatic carbocycles. The third-order valence-electron chi connectivity index (χ3n) is 2.25. The maximum absolute atomic E-state index is 12.9. The summed E-state index contributed by atoms with van der Waals surface area (Å²) in [6.07, 6.45) is -4.74. The van der Waals surface area contributed by atoms with Crippen molar-refractivity contribution in [3.63, 3.8) is 0 Å². The summed E-state index contributed by atoms with van der Waals surface area (Å²) in [5.74, 6) is -1.03. The monoisotopic (exact) mass is 235 g/mol. The van der Waals surface area contributed by atoms with Gasteiger partial charge in [0.15, 0.2) is 0 Å². The summed E-state index contributed by atoms with van der Waals surface area (Å²) in [6, 6.07) is 2.21. The van der Waals surface area contributed by atoms with E-state index in [-0.39, 0.29) is 11.9 Å². The number of hydrogen-bond acceptors (Lipinski definition) is 2. The van der Waals surface area contributed by atoms with Crippen LogP contribution in [0.3, 0.4) is 0 Å². The van der Waals surface area contributed by atoms with Gasteiger partial charge in [0, 0.05) is 19.2 Å². The quantitative estimate of drug-likeness (QED) is 0.793. The van der Waals surface area contributed by atoms with Gasteiger partial charge in [-0.3, -0.25) is 0 Å². The highest BCUT2D eigenvalue weighted by Crippen LogP contribution is 2.32. The minimum atomic E-state index is -4.56. The fourth-order valence-electron chi connectivity index (χ4n) is 1.33. The summed E-state index contributed by atoms with van der Waals surface area (Å²) in [5.41, 5.74) is -1.03. The van der Waals surface area contributed by atoms with Crippen molar-refractivity contribution in [1.82, 2.24) is 5.32 Å². The molecule has 1 fully saturated rings. The summed E-state index contributed by atoms with van der Waals surface area (Å²) in [5, 5.41) is 2.90. The molecule has 1 saturated heterocycles. The molecular formula is C10H9F4NO. The van der Waals surface area contributed by atoms with Crippen molar-refractivity contribution in [3.8, 4) is 5.75 Å². The van der Waals surface area contributed by atoms with Gasteiger partial charge >= 0.3 is 6.18 Å². The Hall–Kier alpha value is -1.30. The van der Waals surface area contributed by atoms with Gasteiger partial charge in [0.05, 0.1) is 5.56 Å². The zero-order chi connectivity index (χ0) is 11.8. The fourth-order valence-corrected chi connectivity index (χ4v) is 1.33. The van der Waals surface area contributed by atoms with E-state index in [4.69, 9.17) is 4.74 Å². The molecule has 0 atom stereocenters. The van der Waals surface area contributed by atoms with Gasteiger partial charge in [-0.05, 0) is 12.1 Å². The molecule has 88 valence electrons. The van der Waals surface area contributed by atoms with Crippen molar-refractivity contribution < 1.29 is 22.3 Å². The van der Waals surface area contributed by atoms with Gasteiger partial charge in [0.2, 0.25) is 0 Å². The molecule has 1 N–H and O–H groups in total. The Kier molecular flexibility index (Phi) is 2.75. The molecule has 0 unspecified atom stereocenters. The van der Waals surface area contributed by atoms with E-state index >= 15 is 0 Å². The van der Waals surface area contributed by atoms with Crippen LogP contribution in [-0.2, 0) is 6.18 Å².